The van der Waals surface area contributed by atoms with Gasteiger partial charge in [0.2, 0.25) is 10.0 Å². The third-order valence-corrected chi connectivity index (χ3v) is 7.91. The number of esters is 1. The maximum Gasteiger partial charge on any atom is 0.343 e. The summed E-state index contributed by atoms with van der Waals surface area (Å²) in [6.45, 7) is 13.4. The molecule has 0 spiro atoms. The third-order valence-electron chi connectivity index (χ3n) is 4.99. The van der Waals surface area contributed by atoms with Crippen molar-refractivity contribution in [2.24, 2.45) is 0 Å². The number of sulfonamides is 1. The van der Waals surface area contributed by atoms with Gasteiger partial charge in [-0.2, -0.15) is 4.31 Å². The van der Waals surface area contributed by atoms with Gasteiger partial charge in [-0.15, -0.1) is 13.2 Å². The molecule has 0 saturated heterocycles. The Morgan fingerprint density at radius 3 is 2.27 bits per heavy atom. The fourth-order valence-electron chi connectivity index (χ4n) is 3.22. The lowest BCUT2D eigenvalue weighted by atomic mass is 10.2. The van der Waals surface area contributed by atoms with Gasteiger partial charge in [0.1, 0.15) is 5.75 Å². The van der Waals surface area contributed by atoms with E-state index in [9.17, 15) is 13.2 Å². The van der Waals surface area contributed by atoms with Crippen molar-refractivity contribution in [1.29, 1.82) is 0 Å². The zero-order valence-electron chi connectivity index (χ0n) is 18.7. The molecule has 0 radical (unpaired) electrons. The molecule has 3 aromatic rings. The predicted molar refractivity (Wildman–Crippen MR) is 134 cm³/mol. The standard InChI is InChI=1S/C24H27N3O4S2/c1-5-15-27(16-6-2)33(29,30)20-12-9-18(10-13-20)23(28)31-19-11-14-21-22(17-19)32-24(25-21)26(7-3)8-4/h5-6,9-14,17H,1-2,7-8,15-16H2,3-4H3. The van der Waals surface area contributed by atoms with Gasteiger partial charge in [-0.25, -0.2) is 18.2 Å². The van der Waals surface area contributed by atoms with E-state index in [4.69, 9.17) is 4.74 Å². The molecule has 0 bridgehead atoms. The van der Waals surface area contributed by atoms with E-state index in [1.807, 2.05) is 6.07 Å². The normalized spacial score (nSPS) is 11.5. The second-order valence-electron chi connectivity index (χ2n) is 7.11. The molecule has 0 aliphatic rings. The molecule has 1 aromatic heterocycles. The van der Waals surface area contributed by atoms with Gasteiger partial charge in [0.15, 0.2) is 5.13 Å². The Hall–Kier alpha value is -3.01. The van der Waals surface area contributed by atoms with E-state index in [2.05, 4.69) is 36.9 Å². The number of fused-ring (bicyclic) bond motifs is 1. The number of thiazole rings is 1. The molecule has 2 aromatic carbocycles. The highest BCUT2D eigenvalue weighted by atomic mass is 32.2. The molecule has 0 saturated carbocycles. The molecule has 0 unspecified atom stereocenters. The zero-order chi connectivity index (χ0) is 24.0. The highest BCUT2D eigenvalue weighted by molar-refractivity contribution is 7.89. The minimum atomic E-state index is -3.73. The zero-order valence-corrected chi connectivity index (χ0v) is 20.4. The Morgan fingerprint density at radius 2 is 1.70 bits per heavy atom. The maximum absolute atomic E-state index is 12.8. The van der Waals surface area contributed by atoms with E-state index >= 15 is 0 Å². The quantitative estimate of drug-likeness (QED) is 0.222. The number of ether oxygens (including phenoxy) is 1. The molecule has 7 nitrogen and oxygen atoms in total. The molecular weight excluding hydrogens is 458 g/mol. The summed E-state index contributed by atoms with van der Waals surface area (Å²) in [4.78, 5) is 19.5. The van der Waals surface area contributed by atoms with Crippen LogP contribution in [0.15, 0.2) is 72.7 Å². The molecule has 174 valence electrons. The third kappa shape index (κ3) is 5.50. The van der Waals surface area contributed by atoms with Crippen LogP contribution in [0, 0.1) is 0 Å². The van der Waals surface area contributed by atoms with Gasteiger partial charge in [0.25, 0.3) is 0 Å². The van der Waals surface area contributed by atoms with E-state index in [0.29, 0.717) is 5.75 Å². The van der Waals surface area contributed by atoms with Crippen LogP contribution in [0.1, 0.15) is 24.2 Å². The number of carbonyl (C=O) groups is 1. The van der Waals surface area contributed by atoms with Crippen molar-refractivity contribution >= 4 is 42.7 Å². The van der Waals surface area contributed by atoms with Crippen molar-refractivity contribution in [2.75, 3.05) is 31.1 Å². The molecule has 0 fully saturated rings. The minimum Gasteiger partial charge on any atom is -0.423 e. The van der Waals surface area contributed by atoms with Crippen LogP contribution >= 0.6 is 11.3 Å². The summed E-state index contributed by atoms with van der Waals surface area (Å²) in [6.07, 6.45) is 3.02. The topological polar surface area (TPSA) is 79.8 Å². The average molecular weight is 486 g/mol. The first-order chi connectivity index (χ1) is 15.8. The number of carbonyl (C=O) groups excluding carboxylic acids is 1. The van der Waals surface area contributed by atoms with Gasteiger partial charge in [-0.05, 0) is 50.2 Å². The van der Waals surface area contributed by atoms with E-state index in [1.165, 1.54) is 40.7 Å². The van der Waals surface area contributed by atoms with Crippen LogP contribution in [-0.2, 0) is 10.0 Å². The first-order valence-electron chi connectivity index (χ1n) is 10.5. The maximum atomic E-state index is 12.8. The lowest BCUT2D eigenvalue weighted by molar-refractivity contribution is 0.0735. The Kier molecular flexibility index (Phi) is 8.01. The number of aromatic nitrogens is 1. The van der Waals surface area contributed by atoms with Crippen molar-refractivity contribution in [1.82, 2.24) is 9.29 Å². The average Bonchev–Trinajstić information content (AvgIpc) is 3.23. The fourth-order valence-corrected chi connectivity index (χ4v) is 5.73. The first-order valence-corrected chi connectivity index (χ1v) is 12.8. The molecule has 0 aliphatic carbocycles. The molecule has 33 heavy (non-hydrogen) atoms. The van der Waals surface area contributed by atoms with Gasteiger partial charge in [-0.3, -0.25) is 0 Å². The monoisotopic (exact) mass is 485 g/mol. The predicted octanol–water partition coefficient (Wildman–Crippen LogP) is 4.72. The van der Waals surface area contributed by atoms with Crippen LogP contribution in [0.3, 0.4) is 0 Å². The second-order valence-corrected chi connectivity index (χ2v) is 10.1. The number of benzene rings is 2. The SMILES string of the molecule is C=CCN(CC=C)S(=O)(=O)c1ccc(C(=O)Oc2ccc3nc(N(CC)CC)sc3c2)cc1. The number of rotatable bonds is 11. The molecule has 0 amide bonds. The Balaban J connectivity index is 1.77. The Bertz CT molecular complexity index is 1240. The molecule has 1 heterocycles. The van der Waals surface area contributed by atoms with Crippen LogP contribution in [-0.4, -0.2) is 49.9 Å². The van der Waals surface area contributed by atoms with Gasteiger partial charge >= 0.3 is 5.97 Å². The molecule has 3 rings (SSSR count). The van der Waals surface area contributed by atoms with E-state index in [1.54, 1.807) is 23.5 Å². The number of hydrogen-bond acceptors (Lipinski definition) is 7. The van der Waals surface area contributed by atoms with Crippen molar-refractivity contribution in [3.8, 4) is 5.75 Å². The summed E-state index contributed by atoms with van der Waals surface area (Å²) in [7, 11) is -3.73. The van der Waals surface area contributed by atoms with E-state index < -0.39 is 16.0 Å². The largest absolute Gasteiger partial charge is 0.423 e. The van der Waals surface area contributed by atoms with Crippen LogP contribution < -0.4 is 9.64 Å². The second kappa shape index (κ2) is 10.7. The van der Waals surface area contributed by atoms with Gasteiger partial charge in [0.05, 0.1) is 20.7 Å². The van der Waals surface area contributed by atoms with Gasteiger partial charge in [0, 0.05) is 32.2 Å². The van der Waals surface area contributed by atoms with Crippen LogP contribution in [0.5, 0.6) is 5.75 Å². The molecule has 0 atom stereocenters. The summed E-state index contributed by atoms with van der Waals surface area (Å²) >= 11 is 1.54. The smallest absolute Gasteiger partial charge is 0.343 e. The van der Waals surface area contributed by atoms with Crippen molar-refractivity contribution in [3.63, 3.8) is 0 Å². The summed E-state index contributed by atoms with van der Waals surface area (Å²) in [6, 6.07) is 11.0. The number of nitrogens with zero attached hydrogens (tertiary/aromatic N) is 3. The molecular formula is C24H27N3O4S2. The van der Waals surface area contributed by atoms with Crippen molar-refractivity contribution < 1.29 is 17.9 Å². The number of anilines is 1. The summed E-state index contributed by atoms with van der Waals surface area (Å²) in [5.74, 6) is -0.164. The van der Waals surface area contributed by atoms with Crippen LogP contribution in [0.25, 0.3) is 10.2 Å². The first kappa shape index (κ1) is 24.6. The minimum absolute atomic E-state index is 0.0813. The van der Waals surface area contributed by atoms with Gasteiger partial charge in [-0.1, -0.05) is 23.5 Å². The summed E-state index contributed by atoms with van der Waals surface area (Å²) in [5, 5.41) is 0.928. The molecule has 0 aliphatic heterocycles. The lowest BCUT2D eigenvalue weighted by Gasteiger charge is -2.19. The molecule has 9 heteroatoms. The fraction of sp³-hybridized carbons (Fsp3) is 0.250. The summed E-state index contributed by atoms with van der Waals surface area (Å²) < 4.78 is 33.3. The van der Waals surface area contributed by atoms with E-state index in [-0.39, 0.29) is 23.5 Å². The Labute approximate surface area is 198 Å². The molecule has 0 N–H and O–H groups in total. The highest BCUT2D eigenvalue weighted by Gasteiger charge is 2.23. The highest BCUT2D eigenvalue weighted by Crippen LogP contribution is 2.31. The van der Waals surface area contributed by atoms with Gasteiger partial charge < -0.3 is 9.64 Å². The van der Waals surface area contributed by atoms with Crippen molar-refractivity contribution in [3.05, 3.63) is 73.3 Å². The van der Waals surface area contributed by atoms with Crippen molar-refractivity contribution in [2.45, 2.75) is 18.7 Å². The number of hydrogen-bond donors (Lipinski definition) is 0. The van der Waals surface area contributed by atoms with Crippen LogP contribution in [0.2, 0.25) is 0 Å². The van der Waals surface area contributed by atoms with E-state index in [0.717, 1.165) is 28.4 Å². The Morgan fingerprint density at radius 1 is 1.06 bits per heavy atom. The lowest BCUT2D eigenvalue weighted by Crippen LogP contribution is -2.31. The summed E-state index contributed by atoms with van der Waals surface area (Å²) in [5.41, 5.74) is 1.10. The van der Waals surface area contributed by atoms with Crippen LogP contribution in [0.4, 0.5) is 5.13 Å².